The van der Waals surface area contributed by atoms with Crippen LogP contribution in [0.3, 0.4) is 0 Å². The minimum Gasteiger partial charge on any atom is -0.463 e. The third-order valence-corrected chi connectivity index (χ3v) is 6.70. The maximum Gasteiger partial charge on any atom is 0.514 e. The first kappa shape index (κ1) is 32.6. The molecule has 0 aliphatic carbocycles. The molecule has 1 amide bonds. The van der Waals surface area contributed by atoms with Crippen molar-refractivity contribution in [2.45, 2.75) is 51.9 Å². The smallest absolute Gasteiger partial charge is 0.463 e. The first-order valence-corrected chi connectivity index (χ1v) is 14.7. The molecule has 236 valence electrons. The standard InChI is InChI=1S/C34H36N2O9/c1-2-3-10-17-41-31(37)23-42-32(38)30(36-33(39)43-21-24-11-6-4-7-12-24)18-26-20-35-29-16-15-27(19-28(26)29)45-34(40)44-22-25-13-8-5-9-14-25/h4-9,11-16,19-20,30,35H,2-3,10,17-18,21-23H2,1H3,(H,36,39). The van der Waals surface area contributed by atoms with E-state index in [0.717, 1.165) is 24.0 Å². The van der Waals surface area contributed by atoms with Gasteiger partial charge in [0.05, 0.1) is 6.61 Å². The Balaban J connectivity index is 1.42. The highest BCUT2D eigenvalue weighted by molar-refractivity contribution is 5.88. The molecular weight excluding hydrogens is 580 g/mol. The van der Waals surface area contributed by atoms with Crippen molar-refractivity contribution in [2.75, 3.05) is 13.2 Å². The number of rotatable bonds is 15. The highest BCUT2D eigenvalue weighted by Gasteiger charge is 2.26. The van der Waals surface area contributed by atoms with E-state index in [9.17, 15) is 19.2 Å². The van der Waals surface area contributed by atoms with Crippen LogP contribution < -0.4 is 10.1 Å². The molecule has 4 aromatic rings. The van der Waals surface area contributed by atoms with Crippen molar-refractivity contribution in [3.8, 4) is 5.75 Å². The highest BCUT2D eigenvalue weighted by atomic mass is 16.7. The van der Waals surface area contributed by atoms with Crippen molar-refractivity contribution >= 4 is 35.1 Å². The first-order valence-electron chi connectivity index (χ1n) is 14.7. The van der Waals surface area contributed by atoms with E-state index in [1.807, 2.05) is 55.5 Å². The monoisotopic (exact) mass is 616 g/mol. The lowest BCUT2D eigenvalue weighted by atomic mass is 10.0. The summed E-state index contributed by atoms with van der Waals surface area (Å²) in [7, 11) is 0. The van der Waals surface area contributed by atoms with Crippen LogP contribution in [0.5, 0.6) is 5.75 Å². The van der Waals surface area contributed by atoms with Crippen molar-refractivity contribution in [3.05, 3.63) is 102 Å². The van der Waals surface area contributed by atoms with Crippen LogP contribution in [0, 0.1) is 0 Å². The van der Waals surface area contributed by atoms with Crippen molar-refractivity contribution in [2.24, 2.45) is 0 Å². The minimum absolute atomic E-state index is 0.00726. The number of hydrogen-bond donors (Lipinski definition) is 2. The largest absolute Gasteiger partial charge is 0.514 e. The number of H-pyrrole nitrogens is 1. The Hall–Kier alpha value is -5.32. The van der Waals surface area contributed by atoms with Gasteiger partial charge in [0.25, 0.3) is 0 Å². The summed E-state index contributed by atoms with van der Waals surface area (Å²) in [5.74, 6) is -1.30. The molecule has 11 heteroatoms. The number of ether oxygens (including phenoxy) is 5. The van der Waals surface area contributed by atoms with Gasteiger partial charge < -0.3 is 34.0 Å². The van der Waals surface area contributed by atoms with Gasteiger partial charge in [-0.2, -0.15) is 0 Å². The van der Waals surface area contributed by atoms with Crippen molar-refractivity contribution in [3.63, 3.8) is 0 Å². The van der Waals surface area contributed by atoms with Crippen LogP contribution in [-0.2, 0) is 48.2 Å². The molecule has 0 bridgehead atoms. The molecule has 1 heterocycles. The van der Waals surface area contributed by atoms with E-state index in [2.05, 4.69) is 10.3 Å². The van der Waals surface area contributed by atoms with Gasteiger partial charge in [0.15, 0.2) is 6.61 Å². The summed E-state index contributed by atoms with van der Waals surface area (Å²) in [6, 6.07) is 22.0. The van der Waals surface area contributed by atoms with Crippen LogP contribution >= 0.6 is 0 Å². The summed E-state index contributed by atoms with van der Waals surface area (Å²) in [5, 5.41) is 3.18. The lowest BCUT2D eigenvalue weighted by molar-refractivity contribution is -0.160. The number of alkyl carbamates (subject to hydrolysis) is 1. The third-order valence-electron chi connectivity index (χ3n) is 6.70. The number of esters is 2. The van der Waals surface area contributed by atoms with Crippen LogP contribution in [0.4, 0.5) is 9.59 Å². The molecule has 11 nitrogen and oxygen atoms in total. The second kappa shape index (κ2) is 17.1. The van der Waals surface area contributed by atoms with Crippen LogP contribution in [0.1, 0.15) is 42.9 Å². The number of carbonyl (C=O) groups excluding carboxylic acids is 4. The van der Waals surface area contributed by atoms with Crippen molar-refractivity contribution in [1.82, 2.24) is 10.3 Å². The Labute approximate surface area is 260 Å². The van der Waals surface area contributed by atoms with Gasteiger partial charge in [0.1, 0.15) is 25.0 Å². The molecule has 1 unspecified atom stereocenters. The quantitative estimate of drug-likeness (QED) is 0.0712. The highest BCUT2D eigenvalue weighted by Crippen LogP contribution is 2.25. The molecular formula is C34H36N2O9. The average molecular weight is 617 g/mol. The van der Waals surface area contributed by atoms with Crippen molar-refractivity contribution in [1.29, 1.82) is 0 Å². The van der Waals surface area contributed by atoms with Gasteiger partial charge in [0, 0.05) is 23.5 Å². The first-order chi connectivity index (χ1) is 21.9. The van der Waals surface area contributed by atoms with Gasteiger partial charge in [-0.15, -0.1) is 0 Å². The maximum absolute atomic E-state index is 13.1. The number of carbonyl (C=O) groups is 4. The summed E-state index contributed by atoms with van der Waals surface area (Å²) in [4.78, 5) is 53.3. The van der Waals surface area contributed by atoms with Gasteiger partial charge in [-0.1, -0.05) is 80.4 Å². The number of unbranched alkanes of at least 4 members (excludes halogenated alkanes) is 2. The topological polar surface area (TPSA) is 142 Å². The number of nitrogens with one attached hydrogen (secondary N) is 2. The molecule has 1 aromatic heterocycles. The summed E-state index contributed by atoms with van der Waals surface area (Å²) < 4.78 is 26.2. The van der Waals surface area contributed by atoms with Gasteiger partial charge in [0.2, 0.25) is 0 Å². The zero-order chi connectivity index (χ0) is 31.9. The molecule has 45 heavy (non-hydrogen) atoms. The minimum atomic E-state index is -1.21. The number of aromatic amines is 1. The summed E-state index contributed by atoms with van der Waals surface area (Å²) in [6.45, 7) is 1.72. The van der Waals surface area contributed by atoms with Crippen LogP contribution in [0.15, 0.2) is 85.1 Å². The Kier molecular flexibility index (Phi) is 12.4. The fourth-order valence-corrected chi connectivity index (χ4v) is 4.36. The third kappa shape index (κ3) is 10.7. The number of benzene rings is 3. The normalized spacial score (nSPS) is 11.3. The molecule has 0 aliphatic heterocycles. The molecule has 0 aliphatic rings. The second-order valence-corrected chi connectivity index (χ2v) is 10.1. The zero-order valence-corrected chi connectivity index (χ0v) is 25.0. The Morgan fingerprint density at radius 1 is 0.800 bits per heavy atom. The Morgan fingerprint density at radius 2 is 1.49 bits per heavy atom. The number of fused-ring (bicyclic) bond motifs is 1. The molecule has 0 radical (unpaired) electrons. The SMILES string of the molecule is CCCCCOC(=O)COC(=O)C(Cc1c[nH]c2ccc(OC(=O)OCc3ccccc3)cc12)NC(=O)OCc1ccccc1. The molecule has 3 aromatic carbocycles. The Morgan fingerprint density at radius 3 is 2.18 bits per heavy atom. The van der Waals surface area contributed by atoms with Crippen LogP contribution in [0.25, 0.3) is 10.9 Å². The molecule has 0 spiro atoms. The summed E-state index contributed by atoms with van der Waals surface area (Å²) in [5.41, 5.74) is 2.89. The number of aromatic nitrogens is 1. The number of hydrogen-bond acceptors (Lipinski definition) is 9. The van der Waals surface area contributed by atoms with Crippen LogP contribution in [-0.4, -0.2) is 48.4 Å². The average Bonchev–Trinajstić information content (AvgIpc) is 3.46. The molecule has 4 rings (SSSR count). The zero-order valence-electron chi connectivity index (χ0n) is 25.0. The van der Waals surface area contributed by atoms with E-state index >= 15 is 0 Å². The van der Waals surface area contributed by atoms with E-state index in [0.29, 0.717) is 22.9 Å². The fourth-order valence-electron chi connectivity index (χ4n) is 4.36. The number of amides is 1. The Bertz CT molecular complexity index is 1550. The van der Waals surface area contributed by atoms with E-state index in [1.54, 1.807) is 36.5 Å². The lowest BCUT2D eigenvalue weighted by Crippen LogP contribution is -2.44. The van der Waals surface area contributed by atoms with Crippen LogP contribution in [0.2, 0.25) is 0 Å². The fraction of sp³-hybridized carbons (Fsp3) is 0.294. The van der Waals surface area contributed by atoms with Gasteiger partial charge in [-0.25, -0.2) is 19.2 Å². The molecule has 0 saturated heterocycles. The predicted octanol–water partition coefficient (Wildman–Crippen LogP) is 6.00. The maximum atomic E-state index is 13.1. The molecule has 2 N–H and O–H groups in total. The molecule has 1 atom stereocenters. The van der Waals surface area contributed by atoms with Crippen molar-refractivity contribution < 1.29 is 42.9 Å². The van der Waals surface area contributed by atoms with E-state index in [4.69, 9.17) is 23.7 Å². The van der Waals surface area contributed by atoms with E-state index < -0.39 is 36.8 Å². The lowest BCUT2D eigenvalue weighted by Gasteiger charge is -2.17. The van der Waals surface area contributed by atoms with Gasteiger partial charge in [-0.05, 0) is 41.3 Å². The molecule has 0 fully saturated rings. The van der Waals surface area contributed by atoms with E-state index in [1.165, 1.54) is 0 Å². The predicted molar refractivity (Wildman–Crippen MR) is 164 cm³/mol. The second-order valence-electron chi connectivity index (χ2n) is 10.1. The summed E-state index contributed by atoms with van der Waals surface area (Å²) >= 11 is 0. The van der Waals surface area contributed by atoms with Gasteiger partial charge >= 0.3 is 24.2 Å². The van der Waals surface area contributed by atoms with Gasteiger partial charge in [-0.3, -0.25) is 0 Å². The van der Waals surface area contributed by atoms with E-state index in [-0.39, 0.29) is 32.0 Å². The molecule has 0 saturated carbocycles. The summed E-state index contributed by atoms with van der Waals surface area (Å²) in [6.07, 6.45) is 2.53.